The van der Waals surface area contributed by atoms with Crippen molar-refractivity contribution in [3.05, 3.63) is 42.0 Å². The van der Waals surface area contributed by atoms with E-state index in [9.17, 15) is 4.79 Å². The molecule has 0 saturated carbocycles. The van der Waals surface area contributed by atoms with Crippen molar-refractivity contribution < 1.29 is 23.4 Å². The third kappa shape index (κ3) is 4.93. The maximum atomic E-state index is 12.5. The number of hydrogen-bond donors (Lipinski definition) is 1. The summed E-state index contributed by atoms with van der Waals surface area (Å²) in [6.45, 7) is 4.42. The second-order valence-corrected chi connectivity index (χ2v) is 7.89. The van der Waals surface area contributed by atoms with Crippen molar-refractivity contribution in [3.63, 3.8) is 0 Å². The van der Waals surface area contributed by atoms with Crippen molar-refractivity contribution in [3.8, 4) is 28.7 Å². The van der Waals surface area contributed by atoms with Crippen molar-refractivity contribution in [2.24, 2.45) is 0 Å². The van der Waals surface area contributed by atoms with E-state index in [-0.39, 0.29) is 17.8 Å². The first kappa shape index (κ1) is 21.0. The second-order valence-electron chi connectivity index (χ2n) is 6.96. The van der Waals surface area contributed by atoms with E-state index < -0.39 is 0 Å². The van der Waals surface area contributed by atoms with Crippen LogP contribution in [0.25, 0.3) is 11.5 Å². The number of ether oxygens (including phenoxy) is 3. The Morgan fingerprint density at radius 2 is 2.06 bits per heavy atom. The maximum absolute atomic E-state index is 12.5. The number of thioether (sulfide) groups is 1. The van der Waals surface area contributed by atoms with Gasteiger partial charge in [-0.3, -0.25) is 4.79 Å². The first-order valence-corrected chi connectivity index (χ1v) is 10.9. The minimum absolute atomic E-state index is 0.114. The van der Waals surface area contributed by atoms with Gasteiger partial charge in [0.25, 0.3) is 5.22 Å². The van der Waals surface area contributed by atoms with Crippen LogP contribution in [-0.4, -0.2) is 41.7 Å². The molecule has 4 rings (SSSR count). The number of nitrogens with zero attached hydrogens (tertiary/aromatic N) is 2. The zero-order valence-corrected chi connectivity index (χ0v) is 18.3. The van der Waals surface area contributed by atoms with Gasteiger partial charge in [-0.25, -0.2) is 0 Å². The van der Waals surface area contributed by atoms with E-state index in [0.717, 1.165) is 29.0 Å². The summed E-state index contributed by atoms with van der Waals surface area (Å²) in [5, 5.41) is 11.3. The molecule has 1 atom stereocenters. The fraction of sp³-hybridized carbons (Fsp3) is 0.318. The third-order valence-electron chi connectivity index (χ3n) is 4.64. The molecule has 1 N–H and O–H groups in total. The van der Waals surface area contributed by atoms with E-state index >= 15 is 0 Å². The zero-order chi connectivity index (χ0) is 21.8. The molecule has 0 unspecified atom stereocenters. The molecule has 0 aliphatic carbocycles. The van der Waals surface area contributed by atoms with Crippen molar-refractivity contribution in [1.82, 2.24) is 10.2 Å². The molecule has 1 aliphatic rings. The van der Waals surface area contributed by atoms with Gasteiger partial charge >= 0.3 is 0 Å². The van der Waals surface area contributed by atoms with Crippen molar-refractivity contribution in [2.75, 3.05) is 24.8 Å². The lowest BCUT2D eigenvalue weighted by Crippen LogP contribution is -2.15. The molecule has 162 valence electrons. The summed E-state index contributed by atoms with van der Waals surface area (Å²) in [6.07, 6.45) is 0.941. The highest BCUT2D eigenvalue weighted by atomic mass is 32.2. The number of rotatable bonds is 8. The Hall–Kier alpha value is -3.20. The highest BCUT2D eigenvalue weighted by Crippen LogP contribution is 2.38. The van der Waals surface area contributed by atoms with Gasteiger partial charge in [0.2, 0.25) is 11.8 Å². The number of aromatic nitrogens is 2. The molecule has 9 heteroatoms. The molecule has 3 aromatic rings. The molecular weight excluding hydrogens is 418 g/mol. The minimum Gasteiger partial charge on any atom is -0.497 e. The number of fused-ring (bicyclic) bond motifs is 1. The number of anilines is 1. The van der Waals surface area contributed by atoms with Crippen molar-refractivity contribution >= 4 is 23.4 Å². The van der Waals surface area contributed by atoms with Gasteiger partial charge in [0.15, 0.2) is 0 Å². The number of nitrogens with one attached hydrogen (secondary N) is 1. The Labute approximate surface area is 184 Å². The van der Waals surface area contributed by atoms with E-state index in [1.165, 1.54) is 11.8 Å². The second kappa shape index (κ2) is 9.30. The Balaban J connectivity index is 1.38. The summed E-state index contributed by atoms with van der Waals surface area (Å²) in [5.41, 5.74) is 2.45. The van der Waals surface area contributed by atoms with Gasteiger partial charge in [-0.2, -0.15) is 0 Å². The van der Waals surface area contributed by atoms with Crippen LogP contribution in [0.15, 0.2) is 46.0 Å². The number of benzene rings is 2. The molecule has 0 radical (unpaired) electrons. The number of amides is 1. The molecule has 31 heavy (non-hydrogen) atoms. The highest BCUT2D eigenvalue weighted by Gasteiger charge is 2.23. The van der Waals surface area contributed by atoms with Crippen molar-refractivity contribution in [1.29, 1.82) is 0 Å². The SMILES string of the molecule is CCOc1cc2c(cc1NC(=O)CSc1nnc(-c3ccc(OC)cc3)o1)O[C@@H](C)C2. The van der Waals surface area contributed by atoms with E-state index in [2.05, 4.69) is 15.5 Å². The summed E-state index contributed by atoms with van der Waals surface area (Å²) in [4.78, 5) is 12.5. The van der Waals surface area contributed by atoms with Crippen LogP contribution in [0.3, 0.4) is 0 Å². The van der Waals surface area contributed by atoms with Gasteiger partial charge in [0, 0.05) is 23.6 Å². The lowest BCUT2D eigenvalue weighted by molar-refractivity contribution is -0.113. The molecule has 0 spiro atoms. The Morgan fingerprint density at radius 3 is 2.81 bits per heavy atom. The molecule has 0 bridgehead atoms. The van der Waals surface area contributed by atoms with E-state index in [0.29, 0.717) is 29.2 Å². The summed E-state index contributed by atoms with van der Waals surface area (Å²) in [6, 6.07) is 11.1. The summed E-state index contributed by atoms with van der Waals surface area (Å²) >= 11 is 1.17. The third-order valence-corrected chi connectivity index (χ3v) is 5.46. The number of hydrogen-bond acceptors (Lipinski definition) is 8. The first-order valence-electron chi connectivity index (χ1n) is 9.92. The van der Waals surface area contributed by atoms with E-state index in [1.54, 1.807) is 7.11 Å². The van der Waals surface area contributed by atoms with Crippen LogP contribution in [0.1, 0.15) is 19.4 Å². The zero-order valence-electron chi connectivity index (χ0n) is 17.5. The normalized spacial score (nSPS) is 14.6. The highest BCUT2D eigenvalue weighted by molar-refractivity contribution is 7.99. The molecule has 2 heterocycles. The Morgan fingerprint density at radius 1 is 1.26 bits per heavy atom. The smallest absolute Gasteiger partial charge is 0.277 e. The van der Waals surface area contributed by atoms with Gasteiger partial charge in [-0.15, -0.1) is 10.2 Å². The monoisotopic (exact) mass is 441 g/mol. The largest absolute Gasteiger partial charge is 0.497 e. The Bertz CT molecular complexity index is 1070. The fourth-order valence-electron chi connectivity index (χ4n) is 3.24. The average molecular weight is 442 g/mol. The molecule has 1 aliphatic heterocycles. The quantitative estimate of drug-likeness (QED) is 0.520. The van der Waals surface area contributed by atoms with Crippen LogP contribution < -0.4 is 19.5 Å². The predicted octanol–water partition coefficient (Wildman–Crippen LogP) is 4.20. The topological polar surface area (TPSA) is 95.7 Å². The maximum Gasteiger partial charge on any atom is 0.277 e. The van der Waals surface area contributed by atoms with Crippen molar-refractivity contribution in [2.45, 2.75) is 31.6 Å². The van der Waals surface area contributed by atoms with Gasteiger partial charge < -0.3 is 23.9 Å². The van der Waals surface area contributed by atoms with Gasteiger partial charge in [-0.1, -0.05) is 11.8 Å². The first-order chi connectivity index (χ1) is 15.1. The molecule has 1 aromatic heterocycles. The Kier molecular flexibility index (Phi) is 6.31. The van der Waals surface area contributed by atoms with Crippen LogP contribution in [0, 0.1) is 0 Å². The number of methoxy groups -OCH3 is 1. The van der Waals surface area contributed by atoms with Crippen LogP contribution in [0.4, 0.5) is 5.69 Å². The molecule has 8 nitrogen and oxygen atoms in total. The van der Waals surface area contributed by atoms with Crippen LogP contribution in [0.5, 0.6) is 17.2 Å². The minimum atomic E-state index is -0.207. The van der Waals surface area contributed by atoms with Gasteiger partial charge in [0.1, 0.15) is 23.4 Å². The molecule has 2 aromatic carbocycles. The lowest BCUT2D eigenvalue weighted by atomic mass is 10.1. The fourth-order valence-corrected chi connectivity index (χ4v) is 3.81. The number of carbonyl (C=O) groups is 1. The summed E-state index contributed by atoms with van der Waals surface area (Å²) in [7, 11) is 1.61. The van der Waals surface area contributed by atoms with Gasteiger partial charge in [0.05, 0.1) is 25.2 Å². The van der Waals surface area contributed by atoms with Crippen LogP contribution in [0.2, 0.25) is 0 Å². The summed E-state index contributed by atoms with van der Waals surface area (Å²) < 4.78 is 22.3. The predicted molar refractivity (Wildman–Crippen MR) is 117 cm³/mol. The van der Waals surface area contributed by atoms with E-state index in [4.69, 9.17) is 18.6 Å². The van der Waals surface area contributed by atoms with E-state index in [1.807, 2.05) is 50.2 Å². The molecule has 0 fully saturated rings. The molecule has 1 amide bonds. The average Bonchev–Trinajstić information content (AvgIpc) is 3.38. The van der Waals surface area contributed by atoms with Crippen LogP contribution >= 0.6 is 11.8 Å². The molecular formula is C22H23N3O5S. The van der Waals surface area contributed by atoms with Crippen LogP contribution in [-0.2, 0) is 11.2 Å². The molecule has 0 saturated heterocycles. The number of carbonyl (C=O) groups excluding carboxylic acids is 1. The lowest BCUT2D eigenvalue weighted by Gasteiger charge is -2.13. The van der Waals surface area contributed by atoms with Gasteiger partial charge in [-0.05, 0) is 44.2 Å². The summed E-state index contributed by atoms with van der Waals surface area (Å²) in [5.74, 6) is 2.45. The standard InChI is InChI=1S/C22H23N3O5S/c1-4-28-19-10-15-9-13(2)29-18(15)11-17(19)23-20(26)12-31-22-25-24-21(30-22)14-5-7-16(27-3)8-6-14/h5-8,10-11,13H,4,9,12H2,1-3H3,(H,23,26)/t13-/m0/s1.